The van der Waals surface area contributed by atoms with Gasteiger partial charge in [0, 0.05) is 12.1 Å². The standard InChI is InChI=1S/C15H19ClN2O3/c1-9-3-2-4-17-14(9)15(19)18-11-8-13-12(7-10(11)16)20-5-6-21-13/h7-9,14,17H,2-6H2,1H3,(H,18,19). The lowest BCUT2D eigenvalue weighted by atomic mass is 9.92. The van der Waals surface area contributed by atoms with E-state index in [0.29, 0.717) is 41.3 Å². The number of carbonyl (C=O) groups is 1. The van der Waals surface area contributed by atoms with Gasteiger partial charge < -0.3 is 20.1 Å². The molecule has 1 saturated heterocycles. The fourth-order valence-electron chi connectivity index (χ4n) is 2.77. The van der Waals surface area contributed by atoms with Crippen LogP contribution in [0, 0.1) is 5.92 Å². The van der Waals surface area contributed by atoms with Gasteiger partial charge >= 0.3 is 0 Å². The van der Waals surface area contributed by atoms with Crippen molar-refractivity contribution in [1.82, 2.24) is 5.32 Å². The fraction of sp³-hybridized carbons (Fsp3) is 0.533. The molecule has 6 heteroatoms. The lowest BCUT2D eigenvalue weighted by molar-refractivity contribution is -0.119. The molecule has 0 bridgehead atoms. The first-order chi connectivity index (χ1) is 10.1. The molecule has 5 nitrogen and oxygen atoms in total. The molecule has 2 aliphatic rings. The normalized spacial score (nSPS) is 24.5. The van der Waals surface area contributed by atoms with Crippen molar-refractivity contribution in [2.75, 3.05) is 25.1 Å². The van der Waals surface area contributed by atoms with Crippen molar-refractivity contribution in [3.8, 4) is 11.5 Å². The highest BCUT2D eigenvalue weighted by Gasteiger charge is 2.28. The van der Waals surface area contributed by atoms with Gasteiger partial charge in [-0.1, -0.05) is 18.5 Å². The van der Waals surface area contributed by atoms with Crippen LogP contribution in [0.25, 0.3) is 0 Å². The van der Waals surface area contributed by atoms with Gasteiger partial charge in [0.05, 0.1) is 16.8 Å². The number of fused-ring (bicyclic) bond motifs is 1. The summed E-state index contributed by atoms with van der Waals surface area (Å²) in [7, 11) is 0. The van der Waals surface area contributed by atoms with Gasteiger partial charge in [0.15, 0.2) is 11.5 Å². The fourth-order valence-corrected chi connectivity index (χ4v) is 2.97. The van der Waals surface area contributed by atoms with Crippen LogP contribution in [0.5, 0.6) is 11.5 Å². The smallest absolute Gasteiger partial charge is 0.241 e. The van der Waals surface area contributed by atoms with E-state index < -0.39 is 0 Å². The van der Waals surface area contributed by atoms with Crippen LogP contribution >= 0.6 is 11.6 Å². The van der Waals surface area contributed by atoms with Gasteiger partial charge in [-0.3, -0.25) is 4.79 Å². The number of carbonyl (C=O) groups excluding carboxylic acids is 1. The van der Waals surface area contributed by atoms with E-state index in [9.17, 15) is 4.79 Å². The molecule has 114 valence electrons. The molecule has 3 rings (SSSR count). The Labute approximate surface area is 128 Å². The minimum atomic E-state index is -0.178. The van der Waals surface area contributed by atoms with E-state index >= 15 is 0 Å². The summed E-state index contributed by atoms with van der Waals surface area (Å²) >= 11 is 6.21. The Balaban J connectivity index is 1.76. The summed E-state index contributed by atoms with van der Waals surface area (Å²) in [6.45, 7) is 3.97. The number of halogens is 1. The molecule has 1 amide bonds. The molecule has 2 unspecified atom stereocenters. The molecule has 0 radical (unpaired) electrons. The van der Waals surface area contributed by atoms with E-state index in [-0.39, 0.29) is 11.9 Å². The Hall–Kier alpha value is -1.46. The van der Waals surface area contributed by atoms with Crippen LogP contribution in [0.2, 0.25) is 5.02 Å². The quantitative estimate of drug-likeness (QED) is 0.881. The second-order valence-electron chi connectivity index (χ2n) is 5.52. The summed E-state index contributed by atoms with van der Waals surface area (Å²) in [5.41, 5.74) is 0.561. The van der Waals surface area contributed by atoms with E-state index in [0.717, 1.165) is 19.4 Å². The lowest BCUT2D eigenvalue weighted by Gasteiger charge is -2.29. The molecule has 0 saturated carbocycles. The van der Waals surface area contributed by atoms with Crippen molar-refractivity contribution in [2.45, 2.75) is 25.8 Å². The predicted molar refractivity (Wildman–Crippen MR) is 81.3 cm³/mol. The van der Waals surface area contributed by atoms with Crippen LogP contribution in [-0.4, -0.2) is 31.7 Å². The second-order valence-corrected chi connectivity index (χ2v) is 5.92. The first kappa shape index (κ1) is 14.5. The van der Waals surface area contributed by atoms with Crippen molar-refractivity contribution in [2.24, 2.45) is 5.92 Å². The minimum absolute atomic E-state index is 0.0548. The summed E-state index contributed by atoms with van der Waals surface area (Å²) in [6, 6.07) is 3.23. The number of ether oxygens (including phenoxy) is 2. The van der Waals surface area contributed by atoms with Crippen molar-refractivity contribution >= 4 is 23.2 Å². The first-order valence-corrected chi connectivity index (χ1v) is 7.66. The van der Waals surface area contributed by atoms with Crippen LogP contribution < -0.4 is 20.1 Å². The van der Waals surface area contributed by atoms with Crippen molar-refractivity contribution in [3.63, 3.8) is 0 Å². The van der Waals surface area contributed by atoms with Crippen molar-refractivity contribution in [3.05, 3.63) is 17.2 Å². The van der Waals surface area contributed by atoms with Gasteiger partial charge in [0.1, 0.15) is 13.2 Å². The van der Waals surface area contributed by atoms with Crippen molar-refractivity contribution < 1.29 is 14.3 Å². The molecule has 2 aliphatic heterocycles. The number of anilines is 1. The zero-order valence-corrected chi connectivity index (χ0v) is 12.7. The molecule has 0 aromatic heterocycles. The number of amides is 1. The van der Waals surface area contributed by atoms with Crippen LogP contribution in [0.3, 0.4) is 0 Å². The number of nitrogens with one attached hydrogen (secondary N) is 2. The number of piperidine rings is 1. The van der Waals surface area contributed by atoms with E-state index in [4.69, 9.17) is 21.1 Å². The molecule has 2 heterocycles. The number of hydrogen-bond acceptors (Lipinski definition) is 4. The summed E-state index contributed by atoms with van der Waals surface area (Å²) in [5, 5.41) is 6.61. The third kappa shape index (κ3) is 3.09. The van der Waals surface area contributed by atoms with Gasteiger partial charge in [-0.25, -0.2) is 0 Å². The Morgan fingerprint density at radius 3 is 2.76 bits per heavy atom. The predicted octanol–water partition coefficient (Wildman–Crippen LogP) is 2.44. The maximum atomic E-state index is 12.4. The van der Waals surface area contributed by atoms with E-state index in [1.54, 1.807) is 12.1 Å². The van der Waals surface area contributed by atoms with Crippen molar-refractivity contribution in [1.29, 1.82) is 0 Å². The zero-order chi connectivity index (χ0) is 14.8. The molecule has 0 spiro atoms. The maximum Gasteiger partial charge on any atom is 0.241 e. The Morgan fingerprint density at radius 1 is 1.33 bits per heavy atom. The van der Waals surface area contributed by atoms with E-state index in [1.807, 2.05) is 0 Å². The highest BCUT2D eigenvalue weighted by molar-refractivity contribution is 6.34. The van der Waals surface area contributed by atoms with Gasteiger partial charge in [-0.05, 0) is 25.3 Å². The summed E-state index contributed by atoms with van der Waals surface area (Å²) < 4.78 is 11.0. The molecule has 1 aromatic carbocycles. The molecule has 21 heavy (non-hydrogen) atoms. The average molecular weight is 311 g/mol. The molecular weight excluding hydrogens is 292 g/mol. The molecule has 0 aliphatic carbocycles. The molecule has 2 atom stereocenters. The van der Waals surface area contributed by atoms with E-state index in [1.165, 1.54) is 0 Å². The van der Waals surface area contributed by atoms with Crippen LogP contribution in [0.15, 0.2) is 12.1 Å². The van der Waals surface area contributed by atoms with Crippen LogP contribution in [0.4, 0.5) is 5.69 Å². The largest absolute Gasteiger partial charge is 0.486 e. The Morgan fingerprint density at radius 2 is 2.05 bits per heavy atom. The molecule has 1 fully saturated rings. The summed E-state index contributed by atoms with van der Waals surface area (Å²) in [5.74, 6) is 1.49. The second kappa shape index (κ2) is 6.12. The third-order valence-electron chi connectivity index (χ3n) is 3.94. The molecule has 2 N–H and O–H groups in total. The molecule has 1 aromatic rings. The highest BCUT2D eigenvalue weighted by atomic mass is 35.5. The highest BCUT2D eigenvalue weighted by Crippen LogP contribution is 2.38. The summed E-state index contributed by atoms with van der Waals surface area (Å²) in [4.78, 5) is 12.4. The average Bonchev–Trinajstić information content (AvgIpc) is 2.48. The number of rotatable bonds is 2. The number of benzene rings is 1. The van der Waals surface area contributed by atoms with Gasteiger partial charge in [-0.2, -0.15) is 0 Å². The monoisotopic (exact) mass is 310 g/mol. The lowest BCUT2D eigenvalue weighted by Crippen LogP contribution is -2.48. The van der Waals surface area contributed by atoms with Crippen LogP contribution in [-0.2, 0) is 4.79 Å². The Bertz CT molecular complexity index is 550. The van der Waals surface area contributed by atoms with Gasteiger partial charge in [0.2, 0.25) is 5.91 Å². The maximum absolute atomic E-state index is 12.4. The van der Waals surface area contributed by atoms with Gasteiger partial charge in [-0.15, -0.1) is 0 Å². The third-order valence-corrected chi connectivity index (χ3v) is 4.25. The first-order valence-electron chi connectivity index (χ1n) is 7.28. The Kier molecular flexibility index (Phi) is 4.22. The SMILES string of the molecule is CC1CCCNC1C(=O)Nc1cc2c(cc1Cl)OCCO2. The summed E-state index contributed by atoms with van der Waals surface area (Å²) in [6.07, 6.45) is 2.16. The van der Waals surface area contributed by atoms with E-state index in [2.05, 4.69) is 17.6 Å². The van der Waals surface area contributed by atoms with Gasteiger partial charge in [0.25, 0.3) is 0 Å². The number of hydrogen-bond donors (Lipinski definition) is 2. The minimum Gasteiger partial charge on any atom is -0.486 e. The zero-order valence-electron chi connectivity index (χ0n) is 11.9. The molecular formula is C15H19ClN2O3. The van der Waals surface area contributed by atoms with Crippen LogP contribution in [0.1, 0.15) is 19.8 Å². The topological polar surface area (TPSA) is 59.6 Å².